The Balaban J connectivity index is 1.39. The number of amides is 2. The third-order valence-corrected chi connectivity index (χ3v) is 6.29. The summed E-state index contributed by atoms with van der Waals surface area (Å²) in [5, 5.41) is 3.10. The summed E-state index contributed by atoms with van der Waals surface area (Å²) in [5.41, 5.74) is 4.65. The molecule has 0 bridgehead atoms. The largest absolute Gasteiger partial charge is 0.348 e. The molecule has 3 heterocycles. The molecular formula is C18H19N5O2S2. The molecule has 27 heavy (non-hydrogen) atoms. The van der Waals surface area contributed by atoms with Gasteiger partial charge in [0.25, 0.3) is 11.8 Å². The highest BCUT2D eigenvalue weighted by Gasteiger charge is 2.24. The zero-order valence-corrected chi connectivity index (χ0v) is 16.5. The minimum atomic E-state index is -0.0683. The second-order valence-electron chi connectivity index (χ2n) is 6.63. The highest BCUT2D eigenvalue weighted by atomic mass is 32.1. The van der Waals surface area contributed by atoms with Gasteiger partial charge in [-0.15, -0.1) is 11.3 Å². The van der Waals surface area contributed by atoms with Crippen molar-refractivity contribution in [1.82, 2.24) is 23.9 Å². The van der Waals surface area contributed by atoms with Crippen molar-refractivity contribution in [2.24, 2.45) is 0 Å². The first-order valence-electron chi connectivity index (χ1n) is 8.84. The van der Waals surface area contributed by atoms with Crippen molar-refractivity contribution in [3.05, 3.63) is 39.8 Å². The molecule has 0 unspecified atom stereocenters. The summed E-state index contributed by atoms with van der Waals surface area (Å²) in [7, 11) is 0. The Morgan fingerprint density at radius 2 is 2.04 bits per heavy atom. The molecule has 1 aliphatic rings. The summed E-state index contributed by atoms with van der Waals surface area (Å²) in [4.78, 5) is 31.9. The van der Waals surface area contributed by atoms with Gasteiger partial charge in [0.05, 0.1) is 22.9 Å². The Kier molecular flexibility index (Phi) is 5.13. The van der Waals surface area contributed by atoms with E-state index in [2.05, 4.69) is 19.0 Å². The highest BCUT2D eigenvalue weighted by molar-refractivity contribution is 7.11. The first-order valence-corrected chi connectivity index (χ1v) is 10.5. The van der Waals surface area contributed by atoms with E-state index in [9.17, 15) is 9.59 Å². The van der Waals surface area contributed by atoms with Crippen LogP contribution in [-0.4, -0.2) is 49.6 Å². The fraction of sp³-hybridized carbons (Fsp3) is 0.389. The monoisotopic (exact) mass is 401 g/mol. The van der Waals surface area contributed by atoms with Crippen LogP contribution in [0.3, 0.4) is 0 Å². The van der Waals surface area contributed by atoms with Crippen LogP contribution in [0.25, 0.3) is 11.0 Å². The summed E-state index contributed by atoms with van der Waals surface area (Å²) in [6.07, 6.45) is 2.47. The van der Waals surface area contributed by atoms with Crippen molar-refractivity contribution in [1.29, 1.82) is 0 Å². The maximum absolute atomic E-state index is 12.9. The first kappa shape index (κ1) is 18.0. The van der Waals surface area contributed by atoms with Gasteiger partial charge in [-0.3, -0.25) is 9.59 Å². The fourth-order valence-electron chi connectivity index (χ4n) is 3.31. The Hall–Kier alpha value is -2.39. The average molecular weight is 402 g/mol. The summed E-state index contributed by atoms with van der Waals surface area (Å²) < 4.78 is 8.38. The minimum Gasteiger partial charge on any atom is -0.348 e. The van der Waals surface area contributed by atoms with E-state index >= 15 is 0 Å². The maximum atomic E-state index is 12.9. The molecule has 4 rings (SSSR count). The first-order chi connectivity index (χ1) is 13.1. The van der Waals surface area contributed by atoms with Crippen LogP contribution in [0.5, 0.6) is 0 Å². The second kappa shape index (κ2) is 7.69. The predicted molar refractivity (Wildman–Crippen MR) is 105 cm³/mol. The molecule has 0 spiro atoms. The Bertz CT molecular complexity index is 983. The number of hydrogen-bond donors (Lipinski definition) is 1. The predicted octanol–water partition coefficient (Wildman–Crippen LogP) is 2.88. The van der Waals surface area contributed by atoms with Gasteiger partial charge in [-0.1, -0.05) is 0 Å². The molecule has 0 radical (unpaired) electrons. The number of carbonyl (C=O) groups is 2. The normalized spacial score (nSPS) is 17.7. The van der Waals surface area contributed by atoms with E-state index in [0.29, 0.717) is 23.5 Å². The molecule has 140 valence electrons. The number of carbonyl (C=O) groups excluding carboxylic acids is 2. The molecule has 3 aromatic rings. The van der Waals surface area contributed by atoms with Crippen LogP contribution in [0, 0.1) is 6.92 Å². The van der Waals surface area contributed by atoms with Crippen LogP contribution in [0.15, 0.2) is 23.7 Å². The number of nitrogens with zero attached hydrogens (tertiary/aromatic N) is 4. The van der Waals surface area contributed by atoms with Gasteiger partial charge in [-0.05, 0) is 44.4 Å². The molecule has 2 amide bonds. The van der Waals surface area contributed by atoms with Crippen molar-refractivity contribution >= 4 is 45.9 Å². The third kappa shape index (κ3) is 3.84. The van der Waals surface area contributed by atoms with E-state index in [1.54, 1.807) is 11.6 Å². The molecule has 2 aromatic heterocycles. The molecule has 1 N–H and O–H groups in total. The lowest BCUT2D eigenvalue weighted by Crippen LogP contribution is -2.36. The standard InChI is InChI=1S/C18H19N5O2S2/c1-11-16(26-10-19-11)17(24)20-13-3-2-7-23(8-6-13)18(25)12-4-5-14-15(9-12)22-27-21-14/h4-5,9-10,13H,2-3,6-8H2,1H3,(H,20,24)/t13-/m0/s1. The smallest absolute Gasteiger partial charge is 0.263 e. The number of likely N-dealkylation sites (tertiary alicyclic amines) is 1. The van der Waals surface area contributed by atoms with Crippen LogP contribution in [-0.2, 0) is 0 Å². The van der Waals surface area contributed by atoms with E-state index in [0.717, 1.165) is 47.7 Å². The van der Waals surface area contributed by atoms with E-state index in [1.165, 1.54) is 11.3 Å². The van der Waals surface area contributed by atoms with E-state index in [4.69, 9.17) is 0 Å². The molecule has 1 atom stereocenters. The Morgan fingerprint density at radius 1 is 1.19 bits per heavy atom. The minimum absolute atomic E-state index is 0.00942. The van der Waals surface area contributed by atoms with E-state index in [-0.39, 0.29) is 17.9 Å². The quantitative estimate of drug-likeness (QED) is 0.729. The number of nitrogens with one attached hydrogen (secondary N) is 1. The molecule has 7 nitrogen and oxygen atoms in total. The molecular weight excluding hydrogens is 382 g/mol. The van der Waals surface area contributed by atoms with Gasteiger partial charge in [0.2, 0.25) is 0 Å². The van der Waals surface area contributed by atoms with Gasteiger partial charge >= 0.3 is 0 Å². The van der Waals surface area contributed by atoms with Crippen LogP contribution >= 0.6 is 23.1 Å². The number of hydrogen-bond acceptors (Lipinski definition) is 7. The van der Waals surface area contributed by atoms with Crippen LogP contribution < -0.4 is 5.32 Å². The van der Waals surface area contributed by atoms with E-state index in [1.807, 2.05) is 24.0 Å². The van der Waals surface area contributed by atoms with Gasteiger partial charge in [0.15, 0.2) is 0 Å². The van der Waals surface area contributed by atoms with Crippen LogP contribution in [0.4, 0.5) is 0 Å². The molecule has 9 heteroatoms. The number of rotatable bonds is 3. The van der Waals surface area contributed by atoms with Gasteiger partial charge < -0.3 is 10.2 Å². The summed E-state index contributed by atoms with van der Waals surface area (Å²) in [6.45, 7) is 3.16. The zero-order chi connectivity index (χ0) is 18.8. The second-order valence-corrected chi connectivity index (χ2v) is 8.01. The average Bonchev–Trinajstić information content (AvgIpc) is 3.25. The van der Waals surface area contributed by atoms with Gasteiger partial charge in [0.1, 0.15) is 15.9 Å². The Labute approximate surface area is 164 Å². The number of thiazole rings is 1. The fourth-order valence-corrected chi connectivity index (χ4v) is 4.54. The van der Waals surface area contributed by atoms with Crippen molar-refractivity contribution in [2.45, 2.75) is 32.2 Å². The Morgan fingerprint density at radius 3 is 2.85 bits per heavy atom. The van der Waals surface area contributed by atoms with Gasteiger partial charge in [0, 0.05) is 24.7 Å². The molecule has 0 aliphatic carbocycles. The van der Waals surface area contributed by atoms with Crippen molar-refractivity contribution in [2.75, 3.05) is 13.1 Å². The number of fused-ring (bicyclic) bond motifs is 1. The molecule has 1 aromatic carbocycles. The molecule has 1 fully saturated rings. The van der Waals surface area contributed by atoms with Crippen molar-refractivity contribution in [3.8, 4) is 0 Å². The lowest BCUT2D eigenvalue weighted by Gasteiger charge is -2.21. The van der Waals surface area contributed by atoms with Crippen molar-refractivity contribution < 1.29 is 9.59 Å². The SMILES string of the molecule is Cc1ncsc1C(=O)N[C@H]1CCCN(C(=O)c2ccc3nsnc3c2)CC1. The number of benzene rings is 1. The topological polar surface area (TPSA) is 88.1 Å². The summed E-state index contributed by atoms with van der Waals surface area (Å²) >= 11 is 2.51. The van der Waals surface area contributed by atoms with Crippen LogP contribution in [0.2, 0.25) is 0 Å². The molecule has 1 aliphatic heterocycles. The lowest BCUT2D eigenvalue weighted by atomic mass is 10.1. The maximum Gasteiger partial charge on any atom is 0.263 e. The van der Waals surface area contributed by atoms with E-state index < -0.39 is 0 Å². The van der Waals surface area contributed by atoms with Crippen molar-refractivity contribution in [3.63, 3.8) is 0 Å². The lowest BCUT2D eigenvalue weighted by molar-refractivity contribution is 0.0761. The van der Waals surface area contributed by atoms with Crippen LogP contribution in [0.1, 0.15) is 45.0 Å². The summed E-state index contributed by atoms with van der Waals surface area (Å²) in [6, 6.07) is 5.52. The highest BCUT2D eigenvalue weighted by Crippen LogP contribution is 2.19. The molecule has 0 saturated carbocycles. The number of aromatic nitrogens is 3. The number of aryl methyl sites for hydroxylation is 1. The molecule has 1 saturated heterocycles. The summed E-state index contributed by atoms with van der Waals surface area (Å²) in [5.74, 6) is -0.0589. The van der Waals surface area contributed by atoms with Gasteiger partial charge in [-0.25, -0.2) is 4.98 Å². The zero-order valence-electron chi connectivity index (χ0n) is 14.8. The van der Waals surface area contributed by atoms with Gasteiger partial charge in [-0.2, -0.15) is 8.75 Å². The third-order valence-electron chi connectivity index (χ3n) is 4.80.